The van der Waals surface area contributed by atoms with Crippen molar-refractivity contribution in [2.24, 2.45) is 0 Å². The lowest BCUT2D eigenvalue weighted by Crippen LogP contribution is -2.51. The van der Waals surface area contributed by atoms with Crippen LogP contribution in [0.25, 0.3) is 6.08 Å². The third-order valence-electron chi connectivity index (χ3n) is 5.39. The maximum Gasteiger partial charge on any atom is 0.387 e. The number of halogens is 2. The number of alkyl halides is 2. The highest BCUT2D eigenvalue weighted by Gasteiger charge is 2.42. The summed E-state index contributed by atoms with van der Waals surface area (Å²) in [6.07, 6.45) is 2.25. The number of allylic oxidation sites excluding steroid dienone is 1. The van der Waals surface area contributed by atoms with Crippen molar-refractivity contribution in [3.05, 3.63) is 34.2 Å². The topological polar surface area (TPSA) is 66.9 Å². The minimum absolute atomic E-state index is 0.0600. The third kappa shape index (κ3) is 4.49. The van der Waals surface area contributed by atoms with Gasteiger partial charge in [-0.05, 0) is 42.2 Å². The molecule has 6 nitrogen and oxygen atoms in total. The first-order valence-corrected chi connectivity index (χ1v) is 13.4. The molecule has 2 saturated heterocycles. The monoisotopic (exact) mass is 476 g/mol. The fraction of sp³-hybridized carbons (Fsp3) is 0.526. The number of amides is 1. The lowest BCUT2D eigenvalue weighted by Gasteiger charge is -2.32. The van der Waals surface area contributed by atoms with Crippen molar-refractivity contribution in [1.29, 1.82) is 0 Å². The summed E-state index contributed by atoms with van der Waals surface area (Å²) in [5, 5.41) is 0. The zero-order chi connectivity index (χ0) is 21.3. The lowest BCUT2D eigenvalue weighted by molar-refractivity contribution is -0.133. The highest BCUT2D eigenvalue weighted by Crippen LogP contribution is 2.35. The Kier molecular flexibility index (Phi) is 6.61. The molecule has 1 amide bonds. The molecule has 0 spiro atoms. The van der Waals surface area contributed by atoms with Crippen molar-refractivity contribution in [3.63, 3.8) is 0 Å². The minimum atomic E-state index is -3.80. The zero-order valence-corrected chi connectivity index (χ0v) is 18.6. The molecule has 1 aliphatic carbocycles. The van der Waals surface area contributed by atoms with Crippen LogP contribution in [0.1, 0.15) is 17.5 Å². The molecule has 2 fully saturated rings. The van der Waals surface area contributed by atoms with E-state index in [0.29, 0.717) is 30.8 Å². The first kappa shape index (κ1) is 21.9. The van der Waals surface area contributed by atoms with E-state index in [4.69, 9.17) is 0 Å². The van der Waals surface area contributed by atoms with Crippen LogP contribution in [0.3, 0.4) is 0 Å². The van der Waals surface area contributed by atoms with Crippen molar-refractivity contribution < 1.29 is 26.7 Å². The summed E-state index contributed by atoms with van der Waals surface area (Å²) >= 11 is 3.24. The number of nitrogens with zero attached hydrogens (tertiary/aromatic N) is 2. The predicted molar refractivity (Wildman–Crippen MR) is 115 cm³/mol. The van der Waals surface area contributed by atoms with Gasteiger partial charge in [-0.1, -0.05) is 6.07 Å². The normalized spacial score (nSPS) is 22.7. The smallest absolute Gasteiger partial charge is 0.387 e. The number of hydrogen-bond acceptors (Lipinski definition) is 6. The van der Waals surface area contributed by atoms with Gasteiger partial charge in [0, 0.05) is 30.3 Å². The summed E-state index contributed by atoms with van der Waals surface area (Å²) < 4.78 is 57.3. The van der Waals surface area contributed by atoms with Crippen LogP contribution in [-0.2, 0) is 21.2 Å². The Hall–Kier alpha value is -1.30. The second kappa shape index (κ2) is 9.05. The second-order valence-corrected chi connectivity index (χ2v) is 11.4. The quantitative estimate of drug-likeness (QED) is 0.651. The first-order chi connectivity index (χ1) is 14.4. The molecule has 0 aromatic heterocycles. The number of carbonyl (C=O) groups excluding carboxylic acids is 1. The van der Waals surface area contributed by atoms with Crippen LogP contribution in [0.15, 0.2) is 23.1 Å². The summed E-state index contributed by atoms with van der Waals surface area (Å²) in [5.74, 6) is 2.40. The minimum Gasteiger partial charge on any atom is -0.435 e. The lowest BCUT2D eigenvalue weighted by atomic mass is 9.97. The summed E-state index contributed by atoms with van der Waals surface area (Å²) in [6.45, 7) is -1.60. The van der Waals surface area contributed by atoms with Crippen LogP contribution in [0, 0.1) is 0 Å². The Morgan fingerprint density at radius 3 is 2.67 bits per heavy atom. The predicted octanol–water partition coefficient (Wildman–Crippen LogP) is 2.86. The van der Waals surface area contributed by atoms with Gasteiger partial charge >= 0.3 is 6.61 Å². The molecule has 4 rings (SSSR count). The van der Waals surface area contributed by atoms with E-state index in [0.717, 1.165) is 17.1 Å². The van der Waals surface area contributed by atoms with Crippen molar-refractivity contribution in [2.75, 3.05) is 36.2 Å². The molecule has 0 radical (unpaired) electrons. The number of rotatable bonds is 5. The standard InChI is InChI=1S/C19H22F2N2O4S3/c20-19(21)27-15-3-1-14-10-16(4-2-13(14)9-15)30(25,26)23-12-29-11-17(23)18(24)22-5-7-28-8-6-22/h1,3,9-10,17,19H,2,4-8,11-12H2. The van der Waals surface area contributed by atoms with E-state index in [2.05, 4.69) is 4.74 Å². The maximum absolute atomic E-state index is 13.4. The summed E-state index contributed by atoms with van der Waals surface area (Å²) in [6, 6.07) is 3.85. The Bertz CT molecular complexity index is 949. The van der Waals surface area contributed by atoms with Gasteiger partial charge in [0.15, 0.2) is 0 Å². The molecule has 0 bridgehead atoms. The van der Waals surface area contributed by atoms with Crippen molar-refractivity contribution >= 4 is 45.5 Å². The van der Waals surface area contributed by atoms with Gasteiger partial charge in [-0.25, -0.2) is 8.42 Å². The highest BCUT2D eigenvalue weighted by atomic mass is 32.2. The van der Waals surface area contributed by atoms with Gasteiger partial charge in [-0.15, -0.1) is 11.8 Å². The number of carbonyl (C=O) groups is 1. The third-order valence-corrected chi connectivity index (χ3v) is 9.49. The largest absolute Gasteiger partial charge is 0.435 e. The van der Waals surface area contributed by atoms with Gasteiger partial charge in [0.1, 0.15) is 11.8 Å². The van der Waals surface area contributed by atoms with Crippen LogP contribution < -0.4 is 4.74 Å². The number of ether oxygens (including phenoxy) is 1. The summed E-state index contributed by atoms with van der Waals surface area (Å²) in [4.78, 5) is 15.0. The van der Waals surface area contributed by atoms with Gasteiger partial charge in [0.05, 0.1) is 10.8 Å². The van der Waals surface area contributed by atoms with E-state index in [-0.39, 0.29) is 28.9 Å². The molecule has 30 heavy (non-hydrogen) atoms. The molecule has 0 saturated carbocycles. The van der Waals surface area contributed by atoms with Gasteiger partial charge < -0.3 is 9.64 Å². The molecule has 1 aromatic rings. The maximum atomic E-state index is 13.4. The molecule has 164 valence electrons. The van der Waals surface area contributed by atoms with Crippen LogP contribution >= 0.6 is 23.5 Å². The van der Waals surface area contributed by atoms with Gasteiger partial charge in [0.25, 0.3) is 0 Å². The molecule has 1 unspecified atom stereocenters. The Balaban J connectivity index is 1.55. The van der Waals surface area contributed by atoms with Crippen molar-refractivity contribution in [3.8, 4) is 5.75 Å². The van der Waals surface area contributed by atoms with Crippen molar-refractivity contribution in [1.82, 2.24) is 9.21 Å². The molecule has 2 aliphatic heterocycles. The number of aryl methyl sites for hydroxylation is 1. The number of benzene rings is 1. The highest BCUT2D eigenvalue weighted by molar-refractivity contribution is 8.01. The summed E-state index contributed by atoms with van der Waals surface area (Å²) in [7, 11) is -3.80. The SMILES string of the molecule is O=C(C1CSCN1S(=O)(=O)C1=Cc2ccc(OC(F)F)cc2CC1)N1CCSCC1. The molecule has 0 N–H and O–H groups in total. The van der Waals surface area contributed by atoms with E-state index >= 15 is 0 Å². The molecular formula is C19H22F2N2O4S3. The fourth-order valence-electron chi connectivity index (χ4n) is 3.83. The Morgan fingerprint density at radius 1 is 1.17 bits per heavy atom. The molecule has 2 heterocycles. The van der Waals surface area contributed by atoms with Gasteiger partial charge in [0.2, 0.25) is 15.9 Å². The molecule has 1 aromatic carbocycles. The van der Waals surface area contributed by atoms with Crippen LogP contribution in [-0.4, -0.2) is 72.4 Å². The zero-order valence-electron chi connectivity index (χ0n) is 16.1. The van der Waals surface area contributed by atoms with Gasteiger partial charge in [-0.3, -0.25) is 4.79 Å². The Morgan fingerprint density at radius 2 is 1.93 bits per heavy atom. The fourth-order valence-corrected chi connectivity index (χ4v) is 8.05. The molecule has 3 aliphatic rings. The van der Waals surface area contributed by atoms with E-state index in [1.165, 1.54) is 28.2 Å². The van der Waals surface area contributed by atoms with Crippen LogP contribution in [0.5, 0.6) is 5.75 Å². The number of fused-ring (bicyclic) bond motifs is 1. The molecule has 1 atom stereocenters. The van der Waals surface area contributed by atoms with E-state index < -0.39 is 22.7 Å². The van der Waals surface area contributed by atoms with Crippen LogP contribution in [0.2, 0.25) is 0 Å². The number of hydrogen-bond donors (Lipinski definition) is 0. The Labute approximate surface area is 183 Å². The second-order valence-electron chi connectivity index (χ2n) is 7.20. The summed E-state index contributed by atoms with van der Waals surface area (Å²) in [5.41, 5.74) is 1.44. The molecular weight excluding hydrogens is 454 g/mol. The van der Waals surface area contributed by atoms with E-state index in [1.54, 1.807) is 28.8 Å². The first-order valence-electron chi connectivity index (χ1n) is 9.61. The van der Waals surface area contributed by atoms with E-state index in [1.807, 2.05) is 0 Å². The number of sulfonamides is 1. The molecule has 11 heteroatoms. The average molecular weight is 477 g/mol. The average Bonchev–Trinajstić information content (AvgIpc) is 3.24. The van der Waals surface area contributed by atoms with Gasteiger partial charge in [-0.2, -0.15) is 24.8 Å². The van der Waals surface area contributed by atoms with E-state index in [9.17, 15) is 22.0 Å². The van der Waals surface area contributed by atoms with Crippen molar-refractivity contribution in [2.45, 2.75) is 25.5 Å². The number of thioether (sulfide) groups is 2. The van der Waals surface area contributed by atoms with Crippen LogP contribution in [0.4, 0.5) is 8.78 Å².